The Morgan fingerprint density at radius 1 is 1.48 bits per heavy atom. The van der Waals surface area contributed by atoms with Gasteiger partial charge < -0.3 is 10.4 Å². The summed E-state index contributed by atoms with van der Waals surface area (Å²) in [4.78, 5) is 12.0. The van der Waals surface area contributed by atoms with Crippen LogP contribution in [0.3, 0.4) is 0 Å². The maximum absolute atomic E-state index is 13.7. The first-order valence-corrected chi connectivity index (χ1v) is 7.09. The number of benzene rings is 1. The zero-order chi connectivity index (χ0) is 16.1. The van der Waals surface area contributed by atoms with E-state index in [1.807, 2.05) is 0 Å². The van der Waals surface area contributed by atoms with Gasteiger partial charge in [0.25, 0.3) is 0 Å². The molecule has 3 nitrogen and oxygen atoms in total. The van der Waals surface area contributed by atoms with Crippen molar-refractivity contribution in [1.29, 1.82) is 0 Å². The third-order valence-electron chi connectivity index (χ3n) is 3.86. The summed E-state index contributed by atoms with van der Waals surface area (Å²) in [6, 6.07) is 2.86. The molecule has 1 aromatic rings. The maximum Gasteiger partial charge on any atom is 0.229 e. The van der Waals surface area contributed by atoms with Gasteiger partial charge >= 0.3 is 0 Å². The topological polar surface area (TPSA) is 49.3 Å². The van der Waals surface area contributed by atoms with Gasteiger partial charge in [-0.2, -0.15) is 0 Å². The number of halogens is 4. The smallest absolute Gasteiger partial charge is 0.229 e. The average molecular weight is 338 g/mol. The summed E-state index contributed by atoms with van der Waals surface area (Å²) in [7, 11) is 0. The van der Waals surface area contributed by atoms with Crippen molar-refractivity contribution in [2.45, 2.75) is 30.2 Å². The fourth-order valence-corrected chi connectivity index (χ4v) is 2.82. The van der Waals surface area contributed by atoms with Crippen molar-refractivity contribution in [2.24, 2.45) is 5.41 Å². The van der Waals surface area contributed by atoms with E-state index in [1.165, 1.54) is 6.92 Å². The van der Waals surface area contributed by atoms with Crippen LogP contribution in [0.2, 0.25) is 0 Å². The monoisotopic (exact) mass is 337 g/mol. The Bertz CT molecular complexity index is 592. The molecule has 21 heavy (non-hydrogen) atoms. The molecular weight excluding hydrogens is 323 g/mol. The van der Waals surface area contributed by atoms with E-state index in [9.17, 15) is 18.7 Å². The van der Waals surface area contributed by atoms with E-state index >= 15 is 0 Å². The third kappa shape index (κ3) is 3.00. The minimum atomic E-state index is -1.68. The van der Waals surface area contributed by atoms with Gasteiger partial charge in [0.2, 0.25) is 5.91 Å². The number of hydrogen-bond acceptors (Lipinski definition) is 2. The lowest BCUT2D eigenvalue weighted by Crippen LogP contribution is -2.42. The average Bonchev–Trinajstić information content (AvgIpc) is 2.86. The predicted molar refractivity (Wildman–Crippen MR) is 76.1 cm³/mol. The van der Waals surface area contributed by atoms with Crippen LogP contribution < -0.4 is 5.32 Å². The standard InChI is InChI=1S/C14H15Cl2F2NO2/c1-12(6-14(12,15)16)11(20)19-7-13(2,21)9-4-3-8(17)5-10(9)18/h3-5,21H,6-7H2,1-2H3,(H,19,20)/t12-,13+/m1/s1. The highest BCUT2D eigenvalue weighted by Gasteiger charge is 2.67. The summed E-state index contributed by atoms with van der Waals surface area (Å²) in [5.74, 6) is -2.04. The first-order chi connectivity index (χ1) is 9.49. The molecule has 1 aliphatic rings. The Kier molecular flexibility index (Phi) is 3.98. The molecule has 1 fully saturated rings. The molecule has 0 aromatic heterocycles. The number of aliphatic hydroxyl groups is 1. The van der Waals surface area contributed by atoms with Gasteiger partial charge in [0.05, 0.1) is 12.0 Å². The Balaban J connectivity index is 2.07. The summed E-state index contributed by atoms with van der Waals surface area (Å²) in [6.45, 7) is 2.69. The van der Waals surface area contributed by atoms with Gasteiger partial charge in [0.1, 0.15) is 21.6 Å². The van der Waals surface area contributed by atoms with Gasteiger partial charge in [-0.1, -0.05) is 6.07 Å². The summed E-state index contributed by atoms with van der Waals surface area (Å²) in [6.07, 6.45) is 0.308. The zero-order valence-electron chi connectivity index (χ0n) is 11.5. The lowest BCUT2D eigenvalue weighted by atomic mass is 9.95. The van der Waals surface area contributed by atoms with E-state index in [0.29, 0.717) is 12.5 Å². The van der Waals surface area contributed by atoms with Gasteiger partial charge in [-0.3, -0.25) is 4.79 Å². The van der Waals surface area contributed by atoms with E-state index in [0.717, 1.165) is 12.1 Å². The van der Waals surface area contributed by atoms with Crippen molar-refractivity contribution in [3.05, 3.63) is 35.4 Å². The second-order valence-electron chi connectivity index (χ2n) is 5.79. The van der Waals surface area contributed by atoms with E-state index in [4.69, 9.17) is 23.2 Å². The molecule has 1 saturated carbocycles. The summed E-state index contributed by atoms with van der Waals surface area (Å²) in [5.41, 5.74) is -2.71. The van der Waals surface area contributed by atoms with Crippen LogP contribution in [0.1, 0.15) is 25.8 Å². The van der Waals surface area contributed by atoms with Crippen LogP contribution in [0.5, 0.6) is 0 Å². The molecule has 7 heteroatoms. The van der Waals surface area contributed by atoms with Crippen LogP contribution in [-0.2, 0) is 10.4 Å². The first-order valence-electron chi connectivity index (χ1n) is 6.34. The first kappa shape index (κ1) is 16.5. The van der Waals surface area contributed by atoms with Crippen molar-refractivity contribution >= 4 is 29.1 Å². The highest BCUT2D eigenvalue weighted by molar-refractivity contribution is 6.53. The minimum Gasteiger partial charge on any atom is -0.383 e. The zero-order valence-corrected chi connectivity index (χ0v) is 13.0. The molecule has 0 unspecified atom stereocenters. The van der Waals surface area contributed by atoms with Crippen molar-refractivity contribution in [1.82, 2.24) is 5.32 Å². The van der Waals surface area contributed by atoms with Crippen molar-refractivity contribution in [3.8, 4) is 0 Å². The molecule has 1 aliphatic carbocycles. The lowest BCUT2D eigenvalue weighted by molar-refractivity contribution is -0.127. The number of alkyl halides is 2. The summed E-state index contributed by atoms with van der Waals surface area (Å²) < 4.78 is 25.4. The Morgan fingerprint density at radius 2 is 2.05 bits per heavy atom. The van der Waals surface area contributed by atoms with Crippen LogP contribution in [0.4, 0.5) is 8.78 Å². The van der Waals surface area contributed by atoms with Crippen LogP contribution in [-0.4, -0.2) is 21.9 Å². The predicted octanol–water partition coefficient (Wildman–Crippen LogP) is 2.87. The molecular formula is C14H15Cl2F2NO2. The molecule has 0 heterocycles. The van der Waals surface area contributed by atoms with E-state index in [1.54, 1.807) is 6.92 Å². The molecule has 116 valence electrons. The van der Waals surface area contributed by atoms with Crippen LogP contribution in [0.25, 0.3) is 0 Å². The highest BCUT2D eigenvalue weighted by atomic mass is 35.5. The molecule has 0 radical (unpaired) electrons. The highest BCUT2D eigenvalue weighted by Crippen LogP contribution is 2.63. The molecule has 1 amide bonds. The summed E-state index contributed by atoms with van der Waals surface area (Å²) in [5, 5.41) is 12.8. The maximum atomic E-state index is 13.7. The largest absolute Gasteiger partial charge is 0.383 e. The molecule has 2 atom stereocenters. The number of carbonyl (C=O) groups excluding carboxylic acids is 1. The van der Waals surface area contributed by atoms with Crippen molar-refractivity contribution < 1.29 is 18.7 Å². The Morgan fingerprint density at radius 3 is 2.52 bits per heavy atom. The molecule has 0 aliphatic heterocycles. The molecule has 0 spiro atoms. The Labute approximate surface area is 131 Å². The van der Waals surface area contributed by atoms with Crippen LogP contribution in [0, 0.1) is 17.0 Å². The normalized spacial score (nSPS) is 26.0. The summed E-state index contributed by atoms with van der Waals surface area (Å²) >= 11 is 11.8. The van der Waals surface area contributed by atoms with E-state index < -0.39 is 32.9 Å². The van der Waals surface area contributed by atoms with Gasteiger partial charge in [0, 0.05) is 11.6 Å². The van der Waals surface area contributed by atoms with Gasteiger partial charge in [-0.25, -0.2) is 8.78 Å². The van der Waals surface area contributed by atoms with E-state index in [-0.39, 0.29) is 12.1 Å². The van der Waals surface area contributed by atoms with Crippen molar-refractivity contribution in [3.63, 3.8) is 0 Å². The molecule has 0 bridgehead atoms. The van der Waals surface area contributed by atoms with E-state index in [2.05, 4.69) is 5.32 Å². The second-order valence-corrected chi connectivity index (χ2v) is 7.28. The third-order valence-corrected chi connectivity index (χ3v) is 4.97. The van der Waals surface area contributed by atoms with Gasteiger partial charge in [-0.15, -0.1) is 23.2 Å². The van der Waals surface area contributed by atoms with Gasteiger partial charge in [-0.05, 0) is 26.3 Å². The van der Waals surface area contributed by atoms with Crippen molar-refractivity contribution in [2.75, 3.05) is 6.54 Å². The van der Waals surface area contributed by atoms with Crippen LogP contribution in [0.15, 0.2) is 18.2 Å². The second kappa shape index (κ2) is 5.07. The lowest BCUT2D eigenvalue weighted by Gasteiger charge is -2.26. The number of nitrogens with one attached hydrogen (secondary N) is 1. The minimum absolute atomic E-state index is 0.104. The fourth-order valence-electron chi connectivity index (χ4n) is 2.12. The molecule has 2 rings (SSSR count). The molecule has 1 aromatic carbocycles. The molecule has 2 N–H and O–H groups in total. The SMILES string of the molecule is C[C@](O)(CNC(=O)[C@@]1(C)CC1(Cl)Cl)c1ccc(F)cc1F. The van der Waals surface area contributed by atoms with Gasteiger partial charge in [0.15, 0.2) is 0 Å². The molecule has 0 saturated heterocycles. The number of amides is 1. The Hall–Kier alpha value is -0.910. The number of carbonyl (C=O) groups is 1. The van der Waals surface area contributed by atoms with Crippen LogP contribution >= 0.6 is 23.2 Å². The fraction of sp³-hybridized carbons (Fsp3) is 0.500. The number of rotatable bonds is 4. The number of hydrogen-bond donors (Lipinski definition) is 2. The quantitative estimate of drug-likeness (QED) is 0.830.